The summed E-state index contributed by atoms with van der Waals surface area (Å²) in [4.78, 5) is 11.1. The minimum Gasteiger partial charge on any atom is -0.339 e. The number of nitrogens with zero attached hydrogens (tertiary/aromatic N) is 1. The molecule has 0 saturated carbocycles. The highest BCUT2D eigenvalue weighted by Gasteiger charge is 2.38. The highest BCUT2D eigenvalue weighted by Crippen LogP contribution is 2.38. The van der Waals surface area contributed by atoms with E-state index >= 15 is 0 Å². The SMILES string of the molecule is Cc1ccc(C)c2c1c(C=O)c(C(F)(F)F)n2C. The summed E-state index contributed by atoms with van der Waals surface area (Å²) in [6.07, 6.45) is -4.25. The maximum Gasteiger partial charge on any atom is 0.432 e. The van der Waals surface area contributed by atoms with E-state index in [0.717, 1.165) is 10.1 Å². The maximum absolute atomic E-state index is 13.0. The Morgan fingerprint density at radius 2 is 1.72 bits per heavy atom. The van der Waals surface area contributed by atoms with Crippen LogP contribution < -0.4 is 0 Å². The van der Waals surface area contributed by atoms with Crippen LogP contribution >= 0.6 is 0 Å². The van der Waals surface area contributed by atoms with Crippen LogP contribution in [0.25, 0.3) is 10.9 Å². The molecule has 0 radical (unpaired) electrons. The average molecular weight is 255 g/mol. The molecule has 2 aromatic rings. The smallest absolute Gasteiger partial charge is 0.339 e. The molecule has 0 amide bonds. The molecular weight excluding hydrogens is 243 g/mol. The Kier molecular flexibility index (Phi) is 2.72. The lowest BCUT2D eigenvalue weighted by Gasteiger charge is -2.09. The van der Waals surface area contributed by atoms with E-state index in [-0.39, 0.29) is 11.8 Å². The van der Waals surface area contributed by atoms with Crippen molar-refractivity contribution in [3.05, 3.63) is 34.5 Å². The van der Waals surface area contributed by atoms with Crippen molar-refractivity contribution < 1.29 is 18.0 Å². The highest BCUT2D eigenvalue weighted by molar-refractivity contribution is 6.02. The molecule has 96 valence electrons. The topological polar surface area (TPSA) is 22.0 Å². The summed E-state index contributed by atoms with van der Waals surface area (Å²) < 4.78 is 40.1. The van der Waals surface area contributed by atoms with Crippen molar-refractivity contribution in [2.45, 2.75) is 20.0 Å². The second kappa shape index (κ2) is 3.86. The summed E-state index contributed by atoms with van der Waals surface area (Å²) in [5, 5.41) is 0.389. The Morgan fingerprint density at radius 3 is 2.22 bits per heavy atom. The summed E-state index contributed by atoms with van der Waals surface area (Å²) in [5.41, 5.74) is 0.691. The Bertz CT molecular complexity index is 638. The minimum atomic E-state index is -4.54. The molecule has 1 heterocycles. The van der Waals surface area contributed by atoms with E-state index in [1.807, 2.05) is 0 Å². The minimum absolute atomic E-state index is 0.277. The molecule has 1 aromatic heterocycles. The normalized spacial score (nSPS) is 12.1. The van der Waals surface area contributed by atoms with Gasteiger partial charge in [0, 0.05) is 12.4 Å². The fraction of sp³-hybridized carbons (Fsp3) is 0.308. The zero-order valence-corrected chi connectivity index (χ0v) is 10.2. The van der Waals surface area contributed by atoms with Crippen LogP contribution in [0.3, 0.4) is 0 Å². The van der Waals surface area contributed by atoms with Crippen LogP contribution in [-0.2, 0) is 13.2 Å². The van der Waals surface area contributed by atoms with Crippen molar-refractivity contribution in [3.63, 3.8) is 0 Å². The molecule has 18 heavy (non-hydrogen) atoms. The Balaban J connectivity index is 3.07. The fourth-order valence-electron chi connectivity index (χ4n) is 2.44. The molecule has 0 spiro atoms. The molecule has 0 aliphatic heterocycles. The number of fused-ring (bicyclic) bond motifs is 1. The van der Waals surface area contributed by atoms with Gasteiger partial charge in [-0.05, 0) is 25.0 Å². The fourth-order valence-corrected chi connectivity index (χ4v) is 2.44. The van der Waals surface area contributed by atoms with Gasteiger partial charge in [0.2, 0.25) is 0 Å². The van der Waals surface area contributed by atoms with Gasteiger partial charge in [0.1, 0.15) is 5.69 Å². The third-order valence-electron chi connectivity index (χ3n) is 3.17. The first-order chi connectivity index (χ1) is 8.29. The summed E-state index contributed by atoms with van der Waals surface area (Å²) in [5.74, 6) is 0. The van der Waals surface area contributed by atoms with Crippen LogP contribution in [0.1, 0.15) is 27.2 Å². The summed E-state index contributed by atoms with van der Waals surface area (Å²) >= 11 is 0. The van der Waals surface area contributed by atoms with Crippen LogP contribution in [0.2, 0.25) is 0 Å². The summed E-state index contributed by atoms with van der Waals surface area (Å²) in [7, 11) is 1.34. The van der Waals surface area contributed by atoms with Gasteiger partial charge in [0.15, 0.2) is 6.29 Å². The largest absolute Gasteiger partial charge is 0.432 e. The number of aryl methyl sites for hydroxylation is 3. The first kappa shape index (κ1) is 12.7. The first-order valence-electron chi connectivity index (χ1n) is 5.40. The molecule has 2 nitrogen and oxygen atoms in total. The molecule has 0 aliphatic rings. The van der Waals surface area contributed by atoms with E-state index in [1.54, 1.807) is 26.0 Å². The van der Waals surface area contributed by atoms with Crippen molar-refractivity contribution in [1.29, 1.82) is 0 Å². The molecule has 0 fully saturated rings. The zero-order valence-electron chi connectivity index (χ0n) is 10.2. The number of carbonyl (C=O) groups excluding carboxylic acids is 1. The van der Waals surface area contributed by atoms with Crippen molar-refractivity contribution in [2.24, 2.45) is 7.05 Å². The van der Waals surface area contributed by atoms with Gasteiger partial charge in [-0.25, -0.2) is 0 Å². The Hall–Kier alpha value is -1.78. The third kappa shape index (κ3) is 1.62. The first-order valence-corrected chi connectivity index (χ1v) is 5.40. The van der Waals surface area contributed by atoms with Crippen LogP contribution in [-0.4, -0.2) is 10.9 Å². The lowest BCUT2D eigenvalue weighted by Crippen LogP contribution is -2.13. The van der Waals surface area contributed by atoms with E-state index < -0.39 is 11.9 Å². The summed E-state index contributed by atoms with van der Waals surface area (Å²) in [6, 6.07) is 3.48. The predicted molar refractivity (Wildman–Crippen MR) is 62.8 cm³/mol. The van der Waals surface area contributed by atoms with E-state index in [2.05, 4.69) is 0 Å². The molecule has 5 heteroatoms. The van der Waals surface area contributed by atoms with E-state index in [4.69, 9.17) is 0 Å². The number of carbonyl (C=O) groups is 1. The van der Waals surface area contributed by atoms with Gasteiger partial charge < -0.3 is 4.57 Å². The van der Waals surface area contributed by atoms with Crippen LogP contribution in [0.5, 0.6) is 0 Å². The molecule has 2 rings (SSSR count). The summed E-state index contributed by atoms with van der Waals surface area (Å²) in [6.45, 7) is 3.44. The monoisotopic (exact) mass is 255 g/mol. The van der Waals surface area contributed by atoms with Crippen LogP contribution in [0.15, 0.2) is 12.1 Å². The average Bonchev–Trinajstić information content (AvgIpc) is 2.57. The molecular formula is C13H12F3NO. The van der Waals surface area contributed by atoms with E-state index in [1.165, 1.54) is 7.05 Å². The van der Waals surface area contributed by atoms with Crippen molar-refractivity contribution in [3.8, 4) is 0 Å². The maximum atomic E-state index is 13.0. The van der Waals surface area contributed by atoms with Crippen molar-refractivity contribution in [2.75, 3.05) is 0 Å². The molecule has 1 aromatic carbocycles. The number of aldehydes is 1. The van der Waals surface area contributed by atoms with Gasteiger partial charge in [-0.1, -0.05) is 12.1 Å². The number of aromatic nitrogens is 1. The Morgan fingerprint density at radius 1 is 1.17 bits per heavy atom. The number of hydrogen-bond donors (Lipinski definition) is 0. The molecule has 0 atom stereocenters. The zero-order chi connectivity index (χ0) is 13.7. The second-order valence-corrected chi connectivity index (χ2v) is 4.36. The van der Waals surface area contributed by atoms with Crippen molar-refractivity contribution in [1.82, 2.24) is 4.57 Å². The van der Waals surface area contributed by atoms with Crippen LogP contribution in [0, 0.1) is 13.8 Å². The van der Waals surface area contributed by atoms with Gasteiger partial charge in [0.25, 0.3) is 0 Å². The van der Waals surface area contributed by atoms with Gasteiger partial charge in [-0.15, -0.1) is 0 Å². The molecule has 0 bridgehead atoms. The number of hydrogen-bond acceptors (Lipinski definition) is 1. The van der Waals surface area contributed by atoms with Crippen LogP contribution in [0.4, 0.5) is 13.2 Å². The standard InChI is InChI=1S/C13H12F3NO/c1-7-4-5-8(2)11-10(7)9(6-18)12(17(11)3)13(14,15)16/h4-6H,1-3H3. The molecule has 0 N–H and O–H groups in total. The van der Waals surface area contributed by atoms with E-state index in [9.17, 15) is 18.0 Å². The predicted octanol–water partition coefficient (Wildman–Crippen LogP) is 3.63. The molecule has 0 saturated heterocycles. The van der Waals surface area contributed by atoms with Gasteiger partial charge in [-0.3, -0.25) is 4.79 Å². The number of alkyl halides is 3. The van der Waals surface area contributed by atoms with Gasteiger partial charge in [0.05, 0.1) is 11.1 Å². The van der Waals surface area contributed by atoms with Gasteiger partial charge in [-0.2, -0.15) is 13.2 Å². The molecule has 0 unspecified atom stereocenters. The third-order valence-corrected chi connectivity index (χ3v) is 3.17. The lowest BCUT2D eigenvalue weighted by atomic mass is 10.0. The van der Waals surface area contributed by atoms with E-state index in [0.29, 0.717) is 16.5 Å². The number of halogens is 3. The second-order valence-electron chi connectivity index (χ2n) is 4.36. The van der Waals surface area contributed by atoms with Crippen molar-refractivity contribution >= 4 is 17.2 Å². The quantitative estimate of drug-likeness (QED) is 0.713. The number of rotatable bonds is 1. The van der Waals surface area contributed by atoms with Gasteiger partial charge >= 0.3 is 6.18 Å². The number of benzene rings is 1. The highest BCUT2D eigenvalue weighted by atomic mass is 19.4. The molecule has 0 aliphatic carbocycles. The lowest BCUT2D eigenvalue weighted by molar-refractivity contribution is -0.143. The Labute approximate surface area is 102 Å².